The van der Waals surface area contributed by atoms with Gasteiger partial charge in [-0.1, -0.05) is 17.7 Å². The summed E-state index contributed by atoms with van der Waals surface area (Å²) >= 11 is 1.42. The van der Waals surface area contributed by atoms with Crippen LogP contribution in [-0.4, -0.2) is 28.7 Å². The molecular weight excluding hydrogens is 340 g/mol. The van der Waals surface area contributed by atoms with E-state index in [0.29, 0.717) is 10.2 Å². The van der Waals surface area contributed by atoms with Crippen LogP contribution in [0.1, 0.15) is 12.0 Å². The predicted octanol–water partition coefficient (Wildman–Crippen LogP) is 2.78. The summed E-state index contributed by atoms with van der Waals surface area (Å²) in [5, 5.41) is 2.40. The van der Waals surface area contributed by atoms with Crippen LogP contribution >= 0.6 is 11.3 Å². The lowest BCUT2D eigenvalue weighted by atomic mass is 10.2. The van der Waals surface area contributed by atoms with Crippen LogP contribution in [0.5, 0.6) is 5.75 Å². The number of carbonyl (C=O) groups is 1. The summed E-state index contributed by atoms with van der Waals surface area (Å²) in [5.41, 5.74) is 1.02. The number of hydrogen-bond acceptors (Lipinski definition) is 6. The molecule has 130 valence electrons. The van der Waals surface area contributed by atoms with Gasteiger partial charge in [0.25, 0.3) is 5.56 Å². The quantitative estimate of drug-likeness (QED) is 0.480. The molecule has 1 aromatic carbocycles. The average molecular weight is 358 g/mol. The lowest BCUT2D eigenvalue weighted by molar-refractivity contribution is -0.144. The van der Waals surface area contributed by atoms with E-state index in [1.54, 1.807) is 6.07 Å². The number of fused-ring (bicyclic) bond motifs is 1. The maximum Gasteiger partial charge on any atom is 0.307 e. The molecule has 25 heavy (non-hydrogen) atoms. The fourth-order valence-corrected chi connectivity index (χ4v) is 3.01. The zero-order chi connectivity index (χ0) is 17.6. The minimum absolute atomic E-state index is 0.113. The number of rotatable bonds is 7. The Morgan fingerprint density at radius 3 is 2.80 bits per heavy atom. The minimum atomic E-state index is -0.371. The molecule has 0 spiro atoms. The summed E-state index contributed by atoms with van der Waals surface area (Å²) in [6, 6.07) is 9.40. The molecule has 0 radical (unpaired) electrons. The Balaban J connectivity index is 1.42. The Kier molecular flexibility index (Phi) is 5.45. The van der Waals surface area contributed by atoms with E-state index in [9.17, 15) is 9.59 Å². The highest BCUT2D eigenvalue weighted by atomic mass is 32.1. The van der Waals surface area contributed by atoms with Gasteiger partial charge in [0.1, 0.15) is 23.8 Å². The number of benzene rings is 1. The van der Waals surface area contributed by atoms with Gasteiger partial charge in [-0.3, -0.25) is 14.2 Å². The lowest BCUT2D eigenvalue weighted by Crippen LogP contribution is -2.22. The first kappa shape index (κ1) is 17.2. The number of thiophene rings is 1. The molecule has 0 aliphatic carbocycles. The molecule has 7 heteroatoms. The summed E-state index contributed by atoms with van der Waals surface area (Å²) in [6.07, 6.45) is 1.58. The number of ether oxygens (including phenoxy) is 2. The van der Waals surface area contributed by atoms with E-state index in [1.807, 2.05) is 36.6 Å². The van der Waals surface area contributed by atoms with Crippen molar-refractivity contribution in [2.75, 3.05) is 13.2 Å². The van der Waals surface area contributed by atoms with Crippen LogP contribution in [0.3, 0.4) is 0 Å². The third kappa shape index (κ3) is 4.45. The van der Waals surface area contributed by atoms with E-state index in [2.05, 4.69) is 4.98 Å². The molecule has 0 bridgehead atoms. The third-order valence-corrected chi connectivity index (χ3v) is 4.46. The van der Waals surface area contributed by atoms with Gasteiger partial charge in [0.05, 0.1) is 18.1 Å². The molecule has 6 nitrogen and oxygen atoms in total. The zero-order valence-electron chi connectivity index (χ0n) is 13.8. The van der Waals surface area contributed by atoms with Crippen LogP contribution in [0, 0.1) is 6.92 Å². The van der Waals surface area contributed by atoms with Gasteiger partial charge < -0.3 is 9.47 Å². The van der Waals surface area contributed by atoms with E-state index in [1.165, 1.54) is 22.2 Å². The van der Waals surface area contributed by atoms with Crippen molar-refractivity contribution in [2.24, 2.45) is 0 Å². The van der Waals surface area contributed by atoms with Gasteiger partial charge in [0, 0.05) is 6.54 Å². The molecule has 0 amide bonds. The van der Waals surface area contributed by atoms with Crippen LogP contribution < -0.4 is 10.3 Å². The summed E-state index contributed by atoms with van der Waals surface area (Å²) in [5.74, 6) is 0.369. The number of hydrogen-bond donors (Lipinski definition) is 0. The topological polar surface area (TPSA) is 70.4 Å². The molecule has 0 fully saturated rings. The van der Waals surface area contributed by atoms with Crippen molar-refractivity contribution in [3.8, 4) is 5.75 Å². The number of carbonyl (C=O) groups excluding carboxylic acids is 1. The van der Waals surface area contributed by atoms with E-state index in [0.717, 1.165) is 11.3 Å². The molecule has 2 aromatic heterocycles. The minimum Gasteiger partial charge on any atom is -0.490 e. The largest absolute Gasteiger partial charge is 0.490 e. The fraction of sp³-hybridized carbons (Fsp3) is 0.278. The Labute approximate surface area is 148 Å². The Hall–Kier alpha value is -2.67. The van der Waals surface area contributed by atoms with Crippen molar-refractivity contribution < 1.29 is 14.3 Å². The summed E-state index contributed by atoms with van der Waals surface area (Å²) in [7, 11) is 0. The second-order valence-electron chi connectivity index (χ2n) is 5.51. The van der Waals surface area contributed by atoms with E-state index in [4.69, 9.17) is 9.47 Å². The molecule has 0 unspecified atom stereocenters. The molecule has 0 aliphatic rings. The maximum atomic E-state index is 12.2. The number of aryl methyl sites for hydroxylation is 2. The lowest BCUT2D eigenvalue weighted by Gasteiger charge is -2.08. The molecule has 0 aliphatic heterocycles. The Bertz CT molecular complexity index is 915. The average Bonchev–Trinajstić information content (AvgIpc) is 3.09. The first-order valence-electron chi connectivity index (χ1n) is 7.91. The number of nitrogens with zero attached hydrogens (tertiary/aromatic N) is 2. The van der Waals surface area contributed by atoms with E-state index in [-0.39, 0.29) is 37.7 Å². The molecule has 3 aromatic rings. The van der Waals surface area contributed by atoms with Crippen molar-refractivity contribution in [3.05, 3.63) is 58.0 Å². The number of aromatic nitrogens is 2. The van der Waals surface area contributed by atoms with Crippen molar-refractivity contribution in [1.29, 1.82) is 0 Å². The fourth-order valence-electron chi connectivity index (χ4n) is 2.29. The highest BCUT2D eigenvalue weighted by Crippen LogP contribution is 2.13. The predicted molar refractivity (Wildman–Crippen MR) is 96.1 cm³/mol. The maximum absolute atomic E-state index is 12.2. The van der Waals surface area contributed by atoms with Crippen LogP contribution in [0.4, 0.5) is 0 Å². The van der Waals surface area contributed by atoms with Gasteiger partial charge in [0.15, 0.2) is 0 Å². The first-order chi connectivity index (χ1) is 12.1. The van der Waals surface area contributed by atoms with Crippen LogP contribution in [0.15, 0.2) is 46.8 Å². The summed E-state index contributed by atoms with van der Waals surface area (Å²) in [6.45, 7) is 2.71. The van der Waals surface area contributed by atoms with Gasteiger partial charge in [-0.05, 0) is 30.5 Å². The summed E-state index contributed by atoms with van der Waals surface area (Å²) < 4.78 is 12.0. The monoisotopic (exact) mass is 358 g/mol. The van der Waals surface area contributed by atoms with Gasteiger partial charge in [-0.25, -0.2) is 4.98 Å². The van der Waals surface area contributed by atoms with Crippen LogP contribution in [-0.2, 0) is 16.1 Å². The molecule has 3 rings (SSSR count). The Morgan fingerprint density at radius 1 is 1.20 bits per heavy atom. The number of esters is 1. The zero-order valence-corrected chi connectivity index (χ0v) is 14.6. The molecule has 2 heterocycles. The van der Waals surface area contributed by atoms with E-state index < -0.39 is 0 Å². The highest BCUT2D eigenvalue weighted by Gasteiger charge is 2.08. The Morgan fingerprint density at radius 2 is 2.00 bits per heavy atom. The van der Waals surface area contributed by atoms with Gasteiger partial charge in [-0.2, -0.15) is 0 Å². The van der Waals surface area contributed by atoms with Crippen molar-refractivity contribution in [1.82, 2.24) is 9.55 Å². The van der Waals surface area contributed by atoms with Crippen LogP contribution in [0.2, 0.25) is 0 Å². The van der Waals surface area contributed by atoms with Gasteiger partial charge in [0.2, 0.25) is 0 Å². The molecular formula is C18H18N2O4S. The molecule has 0 atom stereocenters. The first-order valence-corrected chi connectivity index (χ1v) is 8.79. The molecule has 0 saturated heterocycles. The second-order valence-corrected chi connectivity index (χ2v) is 6.41. The standard InChI is InChI=1S/C18H18N2O4S/c1-13-2-4-14(5-3-13)23-9-10-24-16(21)6-8-20-12-19-17-15(18(20)22)7-11-25-17/h2-5,7,11-12H,6,8-10H2,1H3. The second kappa shape index (κ2) is 7.94. The van der Waals surface area contributed by atoms with Crippen molar-refractivity contribution in [2.45, 2.75) is 19.9 Å². The van der Waals surface area contributed by atoms with Gasteiger partial charge >= 0.3 is 5.97 Å². The van der Waals surface area contributed by atoms with Gasteiger partial charge in [-0.15, -0.1) is 11.3 Å². The van der Waals surface area contributed by atoms with Crippen molar-refractivity contribution in [3.63, 3.8) is 0 Å². The SMILES string of the molecule is Cc1ccc(OCCOC(=O)CCn2cnc3sccc3c2=O)cc1. The van der Waals surface area contributed by atoms with Crippen LogP contribution in [0.25, 0.3) is 10.2 Å². The highest BCUT2D eigenvalue weighted by molar-refractivity contribution is 7.16. The third-order valence-electron chi connectivity index (χ3n) is 3.64. The normalized spacial score (nSPS) is 10.8. The van der Waals surface area contributed by atoms with Crippen molar-refractivity contribution >= 4 is 27.5 Å². The smallest absolute Gasteiger partial charge is 0.307 e. The van der Waals surface area contributed by atoms with E-state index >= 15 is 0 Å². The summed E-state index contributed by atoms with van der Waals surface area (Å²) in [4.78, 5) is 28.9. The molecule has 0 saturated carbocycles. The molecule has 0 N–H and O–H groups in total.